The Morgan fingerprint density at radius 2 is 2.05 bits per heavy atom. The summed E-state index contributed by atoms with van der Waals surface area (Å²) in [7, 11) is -2.06. The van der Waals surface area contributed by atoms with Gasteiger partial charge in [0.15, 0.2) is 0 Å². The van der Waals surface area contributed by atoms with Crippen LogP contribution in [-0.2, 0) is 20.5 Å². The zero-order valence-electron chi connectivity index (χ0n) is 12.0. The minimum absolute atomic E-state index is 0.0822. The Balaban J connectivity index is 2.08. The molecule has 1 aromatic carbocycles. The number of nitrogens with zero attached hydrogens (tertiary/aromatic N) is 1. The third-order valence-corrected chi connectivity index (χ3v) is 5.35. The molecule has 0 amide bonds. The number of sulfonamides is 1. The van der Waals surface area contributed by atoms with Crippen molar-refractivity contribution in [3.05, 3.63) is 35.4 Å². The van der Waals surface area contributed by atoms with Gasteiger partial charge in [-0.2, -0.15) is 0 Å². The summed E-state index contributed by atoms with van der Waals surface area (Å²) in [4.78, 5) is 11.3. The standard InChI is InChI=1S/C14H20N2O4S/c1-20-14(17)12-6-4-11(5-7-12)10-21(18,19)16-8-2-3-13(15)9-16/h4-7,13H,2-3,8-10,15H2,1H3. The van der Waals surface area contributed by atoms with Gasteiger partial charge in [0.25, 0.3) is 0 Å². The summed E-state index contributed by atoms with van der Waals surface area (Å²) in [6, 6.07) is 6.31. The quantitative estimate of drug-likeness (QED) is 0.828. The smallest absolute Gasteiger partial charge is 0.337 e. The van der Waals surface area contributed by atoms with Gasteiger partial charge in [-0.05, 0) is 30.5 Å². The van der Waals surface area contributed by atoms with Crippen molar-refractivity contribution in [2.45, 2.75) is 24.6 Å². The van der Waals surface area contributed by atoms with Crippen LogP contribution in [0.25, 0.3) is 0 Å². The average molecular weight is 312 g/mol. The summed E-state index contributed by atoms with van der Waals surface area (Å²) in [6.07, 6.45) is 1.65. The molecule has 1 aliphatic heterocycles. The topological polar surface area (TPSA) is 89.7 Å². The Bertz CT molecular complexity index is 598. The van der Waals surface area contributed by atoms with Crippen molar-refractivity contribution in [1.29, 1.82) is 0 Å². The SMILES string of the molecule is COC(=O)c1ccc(CS(=O)(=O)N2CCCC(N)C2)cc1. The summed E-state index contributed by atoms with van der Waals surface area (Å²) in [5.41, 5.74) is 6.87. The lowest BCUT2D eigenvalue weighted by atomic mass is 10.1. The number of methoxy groups -OCH3 is 1. The van der Waals surface area contributed by atoms with E-state index in [0.717, 1.165) is 12.8 Å². The van der Waals surface area contributed by atoms with Crippen molar-refractivity contribution in [3.8, 4) is 0 Å². The van der Waals surface area contributed by atoms with Crippen LogP contribution in [0.15, 0.2) is 24.3 Å². The average Bonchev–Trinajstić information content (AvgIpc) is 2.47. The molecule has 6 nitrogen and oxygen atoms in total. The molecule has 1 atom stereocenters. The maximum Gasteiger partial charge on any atom is 0.337 e. The maximum absolute atomic E-state index is 12.4. The molecular weight excluding hydrogens is 292 g/mol. The van der Waals surface area contributed by atoms with E-state index in [1.807, 2.05) is 0 Å². The van der Waals surface area contributed by atoms with Gasteiger partial charge in [0.05, 0.1) is 18.4 Å². The highest BCUT2D eigenvalue weighted by Gasteiger charge is 2.27. The predicted molar refractivity (Wildman–Crippen MR) is 79.2 cm³/mol. The van der Waals surface area contributed by atoms with Crippen molar-refractivity contribution in [2.75, 3.05) is 20.2 Å². The first kappa shape index (κ1) is 15.9. The molecule has 0 radical (unpaired) electrons. The van der Waals surface area contributed by atoms with Gasteiger partial charge in [-0.25, -0.2) is 17.5 Å². The largest absolute Gasteiger partial charge is 0.465 e. The molecule has 0 bridgehead atoms. The van der Waals surface area contributed by atoms with Gasteiger partial charge in [0.2, 0.25) is 10.0 Å². The van der Waals surface area contributed by atoms with E-state index in [9.17, 15) is 13.2 Å². The monoisotopic (exact) mass is 312 g/mol. The van der Waals surface area contributed by atoms with Crippen LogP contribution in [0, 0.1) is 0 Å². The fourth-order valence-corrected chi connectivity index (χ4v) is 4.01. The van der Waals surface area contributed by atoms with Crippen LogP contribution in [-0.4, -0.2) is 44.9 Å². The Labute approximate surface area is 124 Å². The van der Waals surface area contributed by atoms with Crippen LogP contribution in [0.4, 0.5) is 0 Å². The van der Waals surface area contributed by atoms with Crippen LogP contribution in [0.5, 0.6) is 0 Å². The lowest BCUT2D eigenvalue weighted by Gasteiger charge is -2.29. The first-order valence-electron chi connectivity index (χ1n) is 6.83. The van der Waals surface area contributed by atoms with Crippen LogP contribution < -0.4 is 5.73 Å². The third-order valence-electron chi connectivity index (χ3n) is 3.54. The van der Waals surface area contributed by atoms with E-state index in [1.54, 1.807) is 24.3 Å². The highest BCUT2D eigenvalue weighted by Crippen LogP contribution is 2.17. The predicted octanol–water partition coefficient (Wildman–Crippen LogP) is 0.726. The maximum atomic E-state index is 12.4. The molecule has 1 unspecified atom stereocenters. The number of nitrogens with two attached hydrogens (primary N) is 1. The summed E-state index contributed by atoms with van der Waals surface area (Å²) < 4.78 is 30.8. The Morgan fingerprint density at radius 1 is 1.38 bits per heavy atom. The van der Waals surface area contributed by atoms with Crippen LogP contribution in [0.1, 0.15) is 28.8 Å². The summed E-state index contributed by atoms with van der Waals surface area (Å²) in [5.74, 6) is -0.521. The molecule has 0 aliphatic carbocycles. The molecule has 0 saturated carbocycles. The lowest BCUT2D eigenvalue weighted by molar-refractivity contribution is 0.0600. The van der Waals surface area contributed by atoms with Crippen LogP contribution in [0.3, 0.4) is 0 Å². The van der Waals surface area contributed by atoms with E-state index < -0.39 is 16.0 Å². The molecule has 21 heavy (non-hydrogen) atoms. The van der Waals surface area contributed by atoms with Gasteiger partial charge in [-0.3, -0.25) is 0 Å². The van der Waals surface area contributed by atoms with Crippen molar-refractivity contribution >= 4 is 16.0 Å². The molecule has 1 fully saturated rings. The lowest BCUT2D eigenvalue weighted by Crippen LogP contribution is -2.46. The molecule has 1 aliphatic rings. The second-order valence-electron chi connectivity index (χ2n) is 5.21. The fraction of sp³-hybridized carbons (Fsp3) is 0.500. The zero-order valence-corrected chi connectivity index (χ0v) is 12.8. The first-order valence-corrected chi connectivity index (χ1v) is 8.44. The van der Waals surface area contributed by atoms with E-state index in [4.69, 9.17) is 5.73 Å². The zero-order chi connectivity index (χ0) is 15.5. The second-order valence-corrected chi connectivity index (χ2v) is 7.17. The second kappa shape index (κ2) is 6.55. The number of carbonyl (C=O) groups excluding carboxylic acids is 1. The van der Waals surface area contributed by atoms with Gasteiger partial charge in [-0.15, -0.1) is 0 Å². The molecule has 1 aromatic rings. The van der Waals surface area contributed by atoms with Gasteiger partial charge in [-0.1, -0.05) is 12.1 Å². The highest BCUT2D eigenvalue weighted by atomic mass is 32.2. The van der Waals surface area contributed by atoms with Gasteiger partial charge in [0, 0.05) is 19.1 Å². The number of piperidine rings is 1. The molecular formula is C14H20N2O4S. The van der Waals surface area contributed by atoms with Crippen molar-refractivity contribution < 1.29 is 17.9 Å². The highest BCUT2D eigenvalue weighted by molar-refractivity contribution is 7.88. The first-order chi connectivity index (χ1) is 9.92. The minimum atomic E-state index is -3.37. The van der Waals surface area contributed by atoms with Gasteiger partial charge >= 0.3 is 5.97 Å². The number of hydrogen-bond donors (Lipinski definition) is 1. The van der Waals surface area contributed by atoms with Gasteiger partial charge < -0.3 is 10.5 Å². The van der Waals surface area contributed by atoms with Crippen molar-refractivity contribution in [1.82, 2.24) is 4.31 Å². The molecule has 7 heteroatoms. The summed E-state index contributed by atoms with van der Waals surface area (Å²) in [6.45, 7) is 0.902. The third kappa shape index (κ3) is 4.03. The summed E-state index contributed by atoms with van der Waals surface area (Å²) in [5, 5.41) is 0. The number of esters is 1. The molecule has 2 rings (SSSR count). The molecule has 0 aromatic heterocycles. The summed E-state index contributed by atoms with van der Waals surface area (Å²) >= 11 is 0. The van der Waals surface area contributed by atoms with E-state index in [1.165, 1.54) is 11.4 Å². The molecule has 1 saturated heterocycles. The molecule has 0 spiro atoms. The normalized spacial score (nSPS) is 20.2. The Hall–Kier alpha value is -1.44. The Kier molecular flexibility index (Phi) is 4.97. The fourth-order valence-electron chi connectivity index (χ4n) is 2.38. The van der Waals surface area contributed by atoms with Crippen LogP contribution in [0.2, 0.25) is 0 Å². The van der Waals surface area contributed by atoms with Crippen LogP contribution >= 0.6 is 0 Å². The van der Waals surface area contributed by atoms with Gasteiger partial charge in [0.1, 0.15) is 0 Å². The molecule has 1 heterocycles. The van der Waals surface area contributed by atoms with E-state index >= 15 is 0 Å². The van der Waals surface area contributed by atoms with Crippen molar-refractivity contribution in [3.63, 3.8) is 0 Å². The Morgan fingerprint density at radius 3 is 2.62 bits per heavy atom. The molecule has 116 valence electrons. The number of rotatable bonds is 4. The minimum Gasteiger partial charge on any atom is -0.465 e. The molecule has 2 N–H and O–H groups in total. The number of ether oxygens (including phenoxy) is 1. The number of benzene rings is 1. The number of carbonyl (C=O) groups is 1. The number of hydrogen-bond acceptors (Lipinski definition) is 5. The van der Waals surface area contributed by atoms with E-state index in [0.29, 0.717) is 24.2 Å². The van der Waals surface area contributed by atoms with E-state index in [2.05, 4.69) is 4.74 Å². The van der Waals surface area contributed by atoms with Crippen molar-refractivity contribution in [2.24, 2.45) is 5.73 Å². The van der Waals surface area contributed by atoms with E-state index in [-0.39, 0.29) is 11.8 Å².